The van der Waals surface area contributed by atoms with Crippen LogP contribution < -0.4 is 25.8 Å². The fourth-order valence-electron chi connectivity index (χ4n) is 2.83. The maximum atomic E-state index is 12.3. The van der Waals surface area contributed by atoms with Crippen molar-refractivity contribution in [1.29, 1.82) is 0 Å². The topological polar surface area (TPSA) is 101 Å². The smallest absolute Gasteiger partial charge is 0.343 e. The van der Waals surface area contributed by atoms with E-state index in [0.29, 0.717) is 29.0 Å². The highest BCUT2D eigenvalue weighted by Crippen LogP contribution is 2.28. The van der Waals surface area contributed by atoms with Crippen molar-refractivity contribution in [2.45, 2.75) is 32.4 Å². The molecule has 2 aromatic carbocycles. The van der Waals surface area contributed by atoms with Crippen molar-refractivity contribution < 1.29 is 19.1 Å². The number of benzene rings is 2. The number of rotatable bonds is 6. The number of nitrogens with one attached hydrogen (secondary N) is 3. The first-order chi connectivity index (χ1) is 14.0. The van der Waals surface area contributed by atoms with E-state index in [1.807, 2.05) is 26.0 Å². The van der Waals surface area contributed by atoms with Crippen LogP contribution in [0.1, 0.15) is 34.8 Å². The van der Waals surface area contributed by atoms with E-state index < -0.39 is 5.97 Å². The maximum Gasteiger partial charge on any atom is 0.343 e. The van der Waals surface area contributed by atoms with Crippen LogP contribution in [0.25, 0.3) is 0 Å². The number of hydrogen-bond donors (Lipinski definition) is 3. The van der Waals surface area contributed by atoms with Crippen LogP contribution in [0.5, 0.6) is 11.5 Å². The highest BCUT2D eigenvalue weighted by molar-refractivity contribution is 5.91. The van der Waals surface area contributed by atoms with Gasteiger partial charge in [-0.3, -0.25) is 10.2 Å². The lowest BCUT2D eigenvalue weighted by Crippen LogP contribution is -2.41. The van der Waals surface area contributed by atoms with Crippen molar-refractivity contribution in [2.75, 3.05) is 7.11 Å². The number of aryl methyl sites for hydroxylation is 1. The number of carbonyl (C=O) groups excluding carboxylic acids is 2. The molecule has 2 unspecified atom stereocenters. The minimum absolute atomic E-state index is 0.214. The van der Waals surface area contributed by atoms with Gasteiger partial charge in [0.25, 0.3) is 5.91 Å². The Morgan fingerprint density at radius 1 is 1.14 bits per heavy atom. The van der Waals surface area contributed by atoms with Gasteiger partial charge in [0.05, 0.1) is 18.9 Å². The van der Waals surface area contributed by atoms with E-state index in [0.717, 1.165) is 5.56 Å². The number of hydrazine groups is 1. The number of amides is 1. The molecule has 0 aliphatic carbocycles. The van der Waals surface area contributed by atoms with Gasteiger partial charge in [-0.15, -0.1) is 0 Å². The second kappa shape index (κ2) is 9.31. The number of hydrogen-bond acceptors (Lipinski definition) is 7. The second-order valence-corrected chi connectivity index (χ2v) is 6.88. The molecule has 2 aromatic rings. The third-order valence-electron chi connectivity index (χ3n) is 4.48. The highest BCUT2D eigenvalue weighted by Gasteiger charge is 2.26. The summed E-state index contributed by atoms with van der Waals surface area (Å²) in [7, 11) is 1.49. The molecule has 1 fully saturated rings. The van der Waals surface area contributed by atoms with Crippen LogP contribution in [-0.2, 0) is 4.79 Å². The van der Waals surface area contributed by atoms with Gasteiger partial charge in [0.15, 0.2) is 11.5 Å². The summed E-state index contributed by atoms with van der Waals surface area (Å²) in [5.41, 5.74) is 10.6. The van der Waals surface area contributed by atoms with Crippen LogP contribution in [0, 0.1) is 6.92 Å². The fraction of sp³-hybridized carbons (Fsp3) is 0.286. The Balaban J connectivity index is 1.62. The van der Waals surface area contributed by atoms with E-state index in [2.05, 4.69) is 21.4 Å². The first-order valence-corrected chi connectivity index (χ1v) is 9.27. The summed E-state index contributed by atoms with van der Waals surface area (Å²) in [4.78, 5) is 24.3. The first kappa shape index (κ1) is 20.5. The third-order valence-corrected chi connectivity index (χ3v) is 4.48. The van der Waals surface area contributed by atoms with E-state index in [-0.39, 0.29) is 18.0 Å². The van der Waals surface area contributed by atoms with Gasteiger partial charge < -0.3 is 9.47 Å². The normalized spacial score (nSPS) is 18.6. The lowest BCUT2D eigenvalue weighted by atomic mass is 10.1. The molecule has 1 heterocycles. The van der Waals surface area contributed by atoms with Gasteiger partial charge in [-0.25, -0.2) is 15.6 Å². The molecule has 1 amide bonds. The van der Waals surface area contributed by atoms with Crippen molar-refractivity contribution in [3.8, 4) is 11.5 Å². The van der Waals surface area contributed by atoms with Crippen LogP contribution in [0.15, 0.2) is 47.6 Å². The number of carbonyl (C=O) groups is 2. The third kappa shape index (κ3) is 5.40. The minimum Gasteiger partial charge on any atom is -0.493 e. The van der Waals surface area contributed by atoms with Crippen LogP contribution in [0.4, 0.5) is 0 Å². The van der Waals surface area contributed by atoms with Crippen LogP contribution >= 0.6 is 0 Å². The van der Waals surface area contributed by atoms with Gasteiger partial charge in [-0.05, 0) is 56.2 Å². The molecule has 0 spiro atoms. The van der Waals surface area contributed by atoms with E-state index in [1.165, 1.54) is 13.3 Å². The van der Waals surface area contributed by atoms with Crippen molar-refractivity contribution in [2.24, 2.45) is 5.10 Å². The van der Waals surface area contributed by atoms with E-state index in [4.69, 9.17) is 9.47 Å². The summed E-state index contributed by atoms with van der Waals surface area (Å²) in [5, 5.41) is 3.98. The Kier molecular flexibility index (Phi) is 6.58. The summed E-state index contributed by atoms with van der Waals surface area (Å²) in [6.45, 7) is 3.94. The standard InChI is InChI=1S/C21H24N4O4/c1-13-4-7-16(8-5-13)21(27)29-18-9-6-15(11-19(18)28-3)12-22-25-20(26)17-10-14(2)23-24-17/h4-9,11-12,14,17,23-24H,10H2,1-3H3,(H,25,26)/b22-12+. The molecule has 152 valence electrons. The number of esters is 1. The Morgan fingerprint density at radius 3 is 2.55 bits per heavy atom. The molecule has 0 aromatic heterocycles. The Hall–Kier alpha value is -3.23. The van der Waals surface area contributed by atoms with Gasteiger partial charge in [0, 0.05) is 6.04 Å². The quantitative estimate of drug-likeness (QED) is 0.299. The molecule has 0 radical (unpaired) electrons. The first-order valence-electron chi connectivity index (χ1n) is 9.27. The predicted molar refractivity (Wildman–Crippen MR) is 109 cm³/mol. The molecule has 8 heteroatoms. The van der Waals surface area contributed by atoms with Crippen molar-refractivity contribution >= 4 is 18.1 Å². The van der Waals surface area contributed by atoms with E-state index in [9.17, 15) is 9.59 Å². The zero-order chi connectivity index (χ0) is 20.8. The monoisotopic (exact) mass is 396 g/mol. The molecule has 8 nitrogen and oxygen atoms in total. The minimum atomic E-state index is -0.469. The summed E-state index contributed by atoms with van der Waals surface area (Å²) in [5.74, 6) is 0.00305. The zero-order valence-electron chi connectivity index (χ0n) is 16.6. The van der Waals surface area contributed by atoms with Gasteiger partial charge in [-0.2, -0.15) is 5.10 Å². The summed E-state index contributed by atoms with van der Waals surface area (Å²) in [6.07, 6.45) is 2.19. The number of hydrazone groups is 1. The number of ether oxygens (including phenoxy) is 2. The Morgan fingerprint density at radius 2 is 1.90 bits per heavy atom. The van der Waals surface area contributed by atoms with E-state index >= 15 is 0 Å². The number of methoxy groups -OCH3 is 1. The molecular formula is C21H24N4O4. The molecule has 29 heavy (non-hydrogen) atoms. The molecule has 0 saturated carbocycles. The van der Waals surface area contributed by atoms with Gasteiger partial charge >= 0.3 is 5.97 Å². The van der Waals surface area contributed by atoms with E-state index in [1.54, 1.807) is 30.3 Å². The lowest BCUT2D eigenvalue weighted by Gasteiger charge is -2.10. The molecule has 1 aliphatic rings. The van der Waals surface area contributed by atoms with Gasteiger partial charge in [0.2, 0.25) is 0 Å². The molecule has 2 atom stereocenters. The lowest BCUT2D eigenvalue weighted by molar-refractivity contribution is -0.122. The largest absolute Gasteiger partial charge is 0.493 e. The fourth-order valence-corrected chi connectivity index (χ4v) is 2.83. The van der Waals surface area contributed by atoms with Crippen LogP contribution in [-0.4, -0.2) is 37.3 Å². The Bertz CT molecular complexity index is 911. The average Bonchev–Trinajstić information content (AvgIpc) is 3.15. The van der Waals surface area contributed by atoms with Crippen LogP contribution in [0.2, 0.25) is 0 Å². The molecule has 1 aliphatic heterocycles. The summed E-state index contributed by atoms with van der Waals surface area (Å²) in [6, 6.07) is 12.0. The molecule has 3 N–H and O–H groups in total. The Labute approximate surface area is 169 Å². The van der Waals surface area contributed by atoms with Crippen molar-refractivity contribution in [1.82, 2.24) is 16.3 Å². The summed E-state index contributed by atoms with van der Waals surface area (Å²) >= 11 is 0. The van der Waals surface area contributed by atoms with Crippen molar-refractivity contribution in [3.05, 3.63) is 59.2 Å². The molecule has 1 saturated heterocycles. The SMILES string of the molecule is COc1cc(/C=N/NC(=O)C2CC(C)NN2)ccc1OC(=O)c1ccc(C)cc1. The zero-order valence-corrected chi connectivity index (χ0v) is 16.6. The van der Waals surface area contributed by atoms with Crippen molar-refractivity contribution in [3.63, 3.8) is 0 Å². The molecule has 3 rings (SSSR count). The maximum absolute atomic E-state index is 12.3. The van der Waals surface area contributed by atoms with Gasteiger partial charge in [-0.1, -0.05) is 17.7 Å². The predicted octanol–water partition coefficient (Wildman–Crippen LogP) is 1.93. The highest BCUT2D eigenvalue weighted by atomic mass is 16.6. The molecule has 0 bridgehead atoms. The summed E-state index contributed by atoms with van der Waals surface area (Å²) < 4.78 is 10.8. The second-order valence-electron chi connectivity index (χ2n) is 6.88. The average molecular weight is 396 g/mol. The number of nitrogens with zero attached hydrogens (tertiary/aromatic N) is 1. The molecular weight excluding hydrogens is 372 g/mol. The van der Waals surface area contributed by atoms with Crippen LogP contribution in [0.3, 0.4) is 0 Å². The van der Waals surface area contributed by atoms with Gasteiger partial charge in [0.1, 0.15) is 6.04 Å².